The van der Waals surface area contributed by atoms with Gasteiger partial charge in [0.15, 0.2) is 6.23 Å². The predicted molar refractivity (Wildman–Crippen MR) is 102 cm³/mol. The van der Waals surface area contributed by atoms with E-state index in [0.717, 1.165) is 17.4 Å². The van der Waals surface area contributed by atoms with Gasteiger partial charge in [-0.3, -0.25) is 28.2 Å². The summed E-state index contributed by atoms with van der Waals surface area (Å²) in [6.45, 7) is 0.0973. The van der Waals surface area contributed by atoms with E-state index in [1.807, 2.05) is 4.98 Å². The van der Waals surface area contributed by atoms with E-state index >= 15 is 0 Å². The molecule has 0 spiro atoms. The fourth-order valence-electron chi connectivity index (χ4n) is 3.46. The first-order valence-electron chi connectivity index (χ1n) is 9.24. The van der Waals surface area contributed by atoms with Gasteiger partial charge in [-0.1, -0.05) is 11.8 Å². The number of halogens is 3. The number of ether oxygens (including phenoxy) is 3. The van der Waals surface area contributed by atoms with Crippen LogP contribution in [-0.2, 0) is 28.1 Å². The van der Waals surface area contributed by atoms with Gasteiger partial charge >= 0.3 is 25.4 Å². The Labute approximate surface area is 183 Å². The van der Waals surface area contributed by atoms with Crippen LogP contribution >= 0.6 is 7.60 Å². The van der Waals surface area contributed by atoms with E-state index in [-0.39, 0.29) is 18.8 Å². The zero-order valence-electron chi connectivity index (χ0n) is 17.2. The number of hydrogen-bond acceptors (Lipinski definition) is 8. The number of H-pyrrole nitrogens is 1. The quantitative estimate of drug-likeness (QED) is 0.334. The van der Waals surface area contributed by atoms with Crippen molar-refractivity contribution in [3.8, 4) is 11.8 Å². The Hall–Kier alpha value is -2.47. The Morgan fingerprint density at radius 3 is 2.79 bits per heavy atom. The van der Waals surface area contributed by atoms with Gasteiger partial charge in [0, 0.05) is 20.0 Å². The Bertz CT molecular complexity index is 1150. The van der Waals surface area contributed by atoms with Gasteiger partial charge in [0.2, 0.25) is 0 Å². The Kier molecular flexibility index (Phi) is 6.90. The van der Waals surface area contributed by atoms with Gasteiger partial charge in [-0.25, -0.2) is 4.79 Å². The molecule has 0 aliphatic carbocycles. The molecule has 1 aromatic heterocycles. The van der Waals surface area contributed by atoms with Gasteiger partial charge in [0.05, 0.1) is 19.8 Å². The van der Waals surface area contributed by atoms with Crippen LogP contribution < -0.4 is 16.6 Å². The second kappa shape index (κ2) is 9.05. The highest BCUT2D eigenvalue weighted by atomic mass is 31.2. The lowest BCUT2D eigenvalue weighted by molar-refractivity contribution is -0.190. The number of aromatic nitrogens is 2. The molecule has 0 saturated carbocycles. The summed E-state index contributed by atoms with van der Waals surface area (Å²) in [4.78, 5) is 46.9. The molecule has 2 unspecified atom stereocenters. The molecule has 1 aromatic rings. The number of fused-ring (bicyclic) bond motifs is 2. The van der Waals surface area contributed by atoms with Crippen molar-refractivity contribution in [2.45, 2.75) is 30.2 Å². The fourth-order valence-corrected chi connectivity index (χ4v) is 4.19. The maximum Gasteiger partial charge on any atom is 0.471 e. The van der Waals surface area contributed by atoms with E-state index in [9.17, 15) is 37.0 Å². The predicted octanol–water partition coefficient (Wildman–Crippen LogP) is -0.920. The molecule has 5 atom stereocenters. The van der Waals surface area contributed by atoms with Gasteiger partial charge in [-0.15, -0.1) is 0 Å². The molecule has 2 saturated heterocycles. The zero-order valence-corrected chi connectivity index (χ0v) is 18.1. The second-order valence-electron chi connectivity index (χ2n) is 7.30. The van der Waals surface area contributed by atoms with Gasteiger partial charge in [-0.2, -0.15) is 13.2 Å². The van der Waals surface area contributed by atoms with Gasteiger partial charge in [0.25, 0.3) is 5.56 Å². The minimum absolute atomic E-state index is 0.0592. The molecule has 2 aliphatic heterocycles. The van der Waals surface area contributed by atoms with E-state index in [4.69, 9.17) is 18.7 Å². The number of rotatable bonds is 6. The summed E-state index contributed by atoms with van der Waals surface area (Å²) < 4.78 is 71.2. The standard InChI is InChI=1S/C17H19F3N3O9P/c1-29-7-16-8-30-10(11(16)32-33(2,27)28)13(31-16)23-6-9(12(24)22-15(23)26)4-3-5-21-14(25)17(18,19)20/h6,10-11,13H,5,7-8H2,1-2H3,(H,21,25)(H,27,28)(H,22,24,26)/t10-,11?,13+,16-/m0/s1. The number of nitrogens with zero attached hydrogens (tertiary/aromatic N) is 1. The molecule has 3 heterocycles. The normalized spacial score (nSPS) is 28.1. The van der Waals surface area contributed by atoms with Crippen molar-refractivity contribution in [3.05, 3.63) is 32.6 Å². The molecular weight excluding hydrogens is 478 g/mol. The first-order chi connectivity index (χ1) is 15.3. The average molecular weight is 497 g/mol. The topological polar surface area (TPSA) is 158 Å². The molecule has 3 N–H and O–H groups in total. The lowest BCUT2D eigenvalue weighted by Crippen LogP contribution is -2.46. The monoisotopic (exact) mass is 497 g/mol. The minimum Gasteiger partial charge on any atom is -0.381 e. The van der Waals surface area contributed by atoms with E-state index in [0.29, 0.717) is 0 Å². The van der Waals surface area contributed by atoms with Gasteiger partial charge in [0.1, 0.15) is 23.4 Å². The summed E-state index contributed by atoms with van der Waals surface area (Å²) in [5, 5.41) is 1.52. The van der Waals surface area contributed by atoms with Crippen LogP contribution in [0.2, 0.25) is 0 Å². The molecule has 33 heavy (non-hydrogen) atoms. The fraction of sp³-hybridized carbons (Fsp3) is 0.588. The summed E-state index contributed by atoms with van der Waals surface area (Å²) in [7, 11) is -2.64. The number of nitrogens with one attached hydrogen (secondary N) is 2. The molecule has 12 nitrogen and oxygen atoms in total. The first kappa shape index (κ1) is 25.2. The summed E-state index contributed by atoms with van der Waals surface area (Å²) >= 11 is 0. The van der Waals surface area contributed by atoms with E-state index in [1.165, 1.54) is 12.4 Å². The summed E-state index contributed by atoms with van der Waals surface area (Å²) in [6, 6.07) is 0. The van der Waals surface area contributed by atoms with Gasteiger partial charge < -0.3 is 24.4 Å². The Balaban J connectivity index is 1.88. The summed E-state index contributed by atoms with van der Waals surface area (Å²) in [5.41, 5.74) is -3.49. The molecule has 0 aromatic carbocycles. The molecule has 2 bridgehead atoms. The SMILES string of the molecule is COC[C@]12CO[C@@H](C1OP(C)(=O)O)[C@H](n1cc(C#CCNC(=O)C(F)(F)F)c(=O)[nH]c1=O)O2. The van der Waals surface area contributed by atoms with Crippen molar-refractivity contribution < 1.29 is 46.2 Å². The third-order valence-electron chi connectivity index (χ3n) is 4.73. The largest absolute Gasteiger partial charge is 0.471 e. The van der Waals surface area contributed by atoms with Crippen LogP contribution in [-0.4, -0.2) is 77.9 Å². The first-order valence-corrected chi connectivity index (χ1v) is 11.3. The van der Waals surface area contributed by atoms with Crippen LogP contribution in [0.15, 0.2) is 15.8 Å². The highest BCUT2D eigenvalue weighted by Gasteiger charge is 2.64. The van der Waals surface area contributed by atoms with E-state index in [2.05, 4.69) is 11.8 Å². The highest BCUT2D eigenvalue weighted by Crippen LogP contribution is 2.52. The number of carbonyl (C=O) groups excluding carboxylic acids is 1. The van der Waals surface area contributed by atoms with Crippen LogP contribution in [0.4, 0.5) is 13.2 Å². The maximum atomic E-state index is 12.4. The number of methoxy groups -OCH3 is 1. The zero-order chi connectivity index (χ0) is 24.6. The van der Waals surface area contributed by atoms with Crippen LogP contribution in [0.25, 0.3) is 0 Å². The van der Waals surface area contributed by atoms with Crippen molar-refractivity contribution >= 4 is 13.5 Å². The van der Waals surface area contributed by atoms with E-state index < -0.39 is 61.5 Å². The number of alkyl halides is 3. The number of amides is 1. The molecule has 2 aliphatic rings. The van der Waals surface area contributed by atoms with Crippen LogP contribution in [0.1, 0.15) is 11.8 Å². The summed E-state index contributed by atoms with van der Waals surface area (Å²) in [5.74, 6) is 2.25. The lowest BCUT2D eigenvalue weighted by atomic mass is 10.0. The molecule has 16 heteroatoms. The maximum absolute atomic E-state index is 12.4. The van der Waals surface area contributed by atoms with Crippen molar-refractivity contribution in [2.75, 3.05) is 33.5 Å². The van der Waals surface area contributed by atoms with Crippen molar-refractivity contribution in [3.63, 3.8) is 0 Å². The smallest absolute Gasteiger partial charge is 0.381 e. The number of hydrogen-bond donors (Lipinski definition) is 3. The molecule has 3 rings (SSSR count). The molecular formula is C17H19F3N3O9P. The third kappa shape index (κ3) is 5.37. The third-order valence-corrected chi connectivity index (χ3v) is 5.35. The summed E-state index contributed by atoms with van der Waals surface area (Å²) in [6.07, 6.45) is -7.42. The second-order valence-corrected chi connectivity index (χ2v) is 9.12. The molecule has 1 amide bonds. The number of aromatic amines is 1. The van der Waals surface area contributed by atoms with Crippen molar-refractivity contribution in [2.24, 2.45) is 0 Å². The number of carbonyl (C=O) groups is 1. The van der Waals surface area contributed by atoms with E-state index in [1.54, 1.807) is 0 Å². The average Bonchev–Trinajstić information content (AvgIpc) is 3.15. The molecule has 182 valence electrons. The Morgan fingerprint density at radius 1 is 1.48 bits per heavy atom. The van der Waals surface area contributed by atoms with Crippen LogP contribution in [0.5, 0.6) is 0 Å². The van der Waals surface area contributed by atoms with Gasteiger partial charge in [-0.05, 0) is 0 Å². The van der Waals surface area contributed by atoms with Crippen LogP contribution in [0.3, 0.4) is 0 Å². The Morgan fingerprint density at radius 2 is 2.18 bits per heavy atom. The molecule has 0 radical (unpaired) electrons. The van der Waals surface area contributed by atoms with Crippen molar-refractivity contribution in [1.82, 2.24) is 14.9 Å². The lowest BCUT2D eigenvalue weighted by Gasteiger charge is -2.31. The van der Waals surface area contributed by atoms with Crippen LogP contribution in [0, 0.1) is 11.8 Å². The van der Waals surface area contributed by atoms with Crippen molar-refractivity contribution in [1.29, 1.82) is 0 Å². The molecule has 2 fully saturated rings. The highest BCUT2D eigenvalue weighted by molar-refractivity contribution is 7.51. The minimum atomic E-state index is -5.08.